The highest BCUT2D eigenvalue weighted by Gasteiger charge is 2.20. The minimum atomic E-state index is -0.683. The summed E-state index contributed by atoms with van der Waals surface area (Å²) in [7, 11) is 0. The Labute approximate surface area is 122 Å². The Balaban J connectivity index is 3.11. The van der Waals surface area contributed by atoms with E-state index in [1.807, 2.05) is 13.0 Å². The summed E-state index contributed by atoms with van der Waals surface area (Å²) in [5, 5.41) is 18.7. The fourth-order valence-electron chi connectivity index (χ4n) is 2.30. The van der Waals surface area contributed by atoms with E-state index in [9.17, 15) is 5.11 Å². The summed E-state index contributed by atoms with van der Waals surface area (Å²) in [6.07, 6.45) is -0.151. The molecule has 1 rings (SSSR count). The van der Waals surface area contributed by atoms with Crippen LogP contribution in [0.15, 0.2) is 18.2 Å². The van der Waals surface area contributed by atoms with Crippen molar-refractivity contribution in [3.8, 4) is 5.75 Å². The third-order valence-corrected chi connectivity index (χ3v) is 3.54. The molecule has 114 valence electrons. The van der Waals surface area contributed by atoms with Crippen molar-refractivity contribution in [2.75, 3.05) is 13.2 Å². The number of hydrogen-bond acceptors (Lipinski definition) is 3. The second-order valence-corrected chi connectivity index (χ2v) is 6.41. The quantitative estimate of drug-likeness (QED) is 0.841. The first-order chi connectivity index (χ1) is 9.29. The largest absolute Gasteiger partial charge is 0.494 e. The predicted molar refractivity (Wildman–Crippen MR) is 82.4 cm³/mol. The van der Waals surface area contributed by atoms with Gasteiger partial charge in [0.15, 0.2) is 0 Å². The molecule has 0 fully saturated rings. The minimum Gasteiger partial charge on any atom is -0.494 e. The standard InChI is InChI=1S/C17H28O3/c1-6-20-16-8-7-13(17(3,4)5)10-15(16)12(2)9-14(19)11-18/h7-8,10,12,14,18-19H,6,9,11H2,1-5H3. The normalized spacial score (nSPS) is 14.9. The van der Waals surface area contributed by atoms with Crippen LogP contribution in [-0.4, -0.2) is 29.5 Å². The maximum Gasteiger partial charge on any atom is 0.122 e. The molecule has 0 aliphatic rings. The van der Waals surface area contributed by atoms with Gasteiger partial charge in [-0.05, 0) is 41.9 Å². The highest BCUT2D eigenvalue weighted by atomic mass is 16.5. The van der Waals surface area contributed by atoms with Crippen LogP contribution in [0.1, 0.15) is 58.1 Å². The van der Waals surface area contributed by atoms with Gasteiger partial charge in [0.05, 0.1) is 19.3 Å². The molecular weight excluding hydrogens is 252 g/mol. The lowest BCUT2D eigenvalue weighted by Gasteiger charge is -2.24. The van der Waals surface area contributed by atoms with Gasteiger partial charge in [-0.2, -0.15) is 0 Å². The van der Waals surface area contributed by atoms with Crippen molar-refractivity contribution in [2.24, 2.45) is 0 Å². The van der Waals surface area contributed by atoms with Crippen LogP contribution in [0.2, 0.25) is 0 Å². The van der Waals surface area contributed by atoms with Crippen LogP contribution in [0.25, 0.3) is 0 Å². The Morgan fingerprint density at radius 3 is 2.40 bits per heavy atom. The molecule has 0 heterocycles. The van der Waals surface area contributed by atoms with Gasteiger partial charge in [0.1, 0.15) is 5.75 Å². The van der Waals surface area contributed by atoms with Gasteiger partial charge in [-0.15, -0.1) is 0 Å². The molecule has 2 atom stereocenters. The second-order valence-electron chi connectivity index (χ2n) is 6.41. The smallest absolute Gasteiger partial charge is 0.122 e. The van der Waals surface area contributed by atoms with Crippen molar-refractivity contribution in [1.82, 2.24) is 0 Å². The monoisotopic (exact) mass is 280 g/mol. The topological polar surface area (TPSA) is 49.7 Å². The summed E-state index contributed by atoms with van der Waals surface area (Å²) in [6.45, 7) is 11.0. The van der Waals surface area contributed by atoms with Crippen molar-refractivity contribution in [2.45, 2.75) is 58.5 Å². The molecule has 0 bridgehead atoms. The number of hydrogen-bond donors (Lipinski definition) is 2. The van der Waals surface area contributed by atoms with Gasteiger partial charge in [0.2, 0.25) is 0 Å². The van der Waals surface area contributed by atoms with Crippen LogP contribution in [0.5, 0.6) is 5.75 Å². The van der Waals surface area contributed by atoms with Crippen LogP contribution in [-0.2, 0) is 5.41 Å². The van der Waals surface area contributed by atoms with Crippen molar-refractivity contribution in [3.63, 3.8) is 0 Å². The first-order valence-electron chi connectivity index (χ1n) is 7.35. The van der Waals surface area contributed by atoms with Crippen LogP contribution in [0.4, 0.5) is 0 Å². The van der Waals surface area contributed by atoms with E-state index in [1.54, 1.807) is 0 Å². The molecule has 0 aliphatic heterocycles. The van der Waals surface area contributed by atoms with Crippen LogP contribution in [0.3, 0.4) is 0 Å². The average Bonchev–Trinajstić information content (AvgIpc) is 2.37. The molecular formula is C17H28O3. The van der Waals surface area contributed by atoms with E-state index in [0.29, 0.717) is 13.0 Å². The third-order valence-electron chi connectivity index (χ3n) is 3.54. The Morgan fingerprint density at radius 1 is 1.25 bits per heavy atom. The van der Waals surface area contributed by atoms with Crippen LogP contribution >= 0.6 is 0 Å². The summed E-state index contributed by atoms with van der Waals surface area (Å²) in [4.78, 5) is 0. The molecule has 3 nitrogen and oxygen atoms in total. The fraction of sp³-hybridized carbons (Fsp3) is 0.647. The van der Waals surface area contributed by atoms with Gasteiger partial charge in [0, 0.05) is 0 Å². The van der Waals surface area contributed by atoms with Crippen molar-refractivity contribution in [1.29, 1.82) is 0 Å². The van der Waals surface area contributed by atoms with E-state index in [1.165, 1.54) is 5.56 Å². The SMILES string of the molecule is CCOc1ccc(C(C)(C)C)cc1C(C)CC(O)CO. The molecule has 0 spiro atoms. The molecule has 0 saturated carbocycles. The molecule has 0 aromatic heterocycles. The Kier molecular flexibility index (Phi) is 6.03. The van der Waals surface area contributed by atoms with Crippen molar-refractivity contribution in [3.05, 3.63) is 29.3 Å². The molecule has 0 amide bonds. The first kappa shape index (κ1) is 17.0. The van der Waals surface area contributed by atoms with E-state index in [4.69, 9.17) is 9.84 Å². The van der Waals surface area contributed by atoms with E-state index >= 15 is 0 Å². The zero-order valence-corrected chi connectivity index (χ0v) is 13.3. The maximum absolute atomic E-state index is 9.65. The summed E-state index contributed by atoms with van der Waals surface area (Å²) in [5.41, 5.74) is 2.43. The molecule has 3 heteroatoms. The van der Waals surface area contributed by atoms with Gasteiger partial charge in [-0.25, -0.2) is 0 Å². The van der Waals surface area contributed by atoms with Gasteiger partial charge in [0.25, 0.3) is 0 Å². The maximum atomic E-state index is 9.65. The van der Waals surface area contributed by atoms with Crippen LogP contribution < -0.4 is 4.74 Å². The van der Waals surface area contributed by atoms with Crippen molar-refractivity contribution < 1.29 is 14.9 Å². The van der Waals surface area contributed by atoms with E-state index in [2.05, 4.69) is 39.8 Å². The molecule has 1 aromatic carbocycles. The number of ether oxygens (including phenoxy) is 1. The van der Waals surface area contributed by atoms with Crippen LogP contribution in [0, 0.1) is 0 Å². The highest BCUT2D eigenvalue weighted by Crippen LogP contribution is 2.34. The molecule has 0 aliphatic carbocycles. The Hall–Kier alpha value is -1.06. The lowest BCUT2D eigenvalue weighted by molar-refractivity contribution is 0.0832. The zero-order chi connectivity index (χ0) is 15.3. The van der Waals surface area contributed by atoms with Gasteiger partial charge in [-0.3, -0.25) is 0 Å². The van der Waals surface area contributed by atoms with E-state index in [-0.39, 0.29) is 17.9 Å². The number of benzene rings is 1. The average molecular weight is 280 g/mol. The highest BCUT2D eigenvalue weighted by molar-refractivity contribution is 5.41. The zero-order valence-electron chi connectivity index (χ0n) is 13.3. The molecule has 20 heavy (non-hydrogen) atoms. The van der Waals surface area contributed by atoms with Gasteiger partial charge >= 0.3 is 0 Å². The Morgan fingerprint density at radius 2 is 1.90 bits per heavy atom. The van der Waals surface area contributed by atoms with Gasteiger partial charge < -0.3 is 14.9 Å². The Bertz CT molecular complexity index is 421. The predicted octanol–water partition coefficient (Wildman–Crippen LogP) is 3.23. The number of rotatable bonds is 6. The van der Waals surface area contributed by atoms with Gasteiger partial charge in [-0.1, -0.05) is 39.8 Å². The summed E-state index contributed by atoms with van der Waals surface area (Å²) >= 11 is 0. The molecule has 0 radical (unpaired) electrons. The van der Waals surface area contributed by atoms with E-state index in [0.717, 1.165) is 11.3 Å². The second kappa shape index (κ2) is 7.09. The third kappa shape index (κ3) is 4.50. The summed E-state index contributed by atoms with van der Waals surface area (Å²) < 4.78 is 5.70. The lowest BCUT2D eigenvalue weighted by Crippen LogP contribution is -2.17. The molecule has 2 N–H and O–H groups in total. The first-order valence-corrected chi connectivity index (χ1v) is 7.35. The minimum absolute atomic E-state index is 0.0782. The van der Waals surface area contributed by atoms with E-state index < -0.39 is 6.10 Å². The molecule has 1 aromatic rings. The molecule has 0 saturated heterocycles. The summed E-state index contributed by atoms with van der Waals surface area (Å²) in [5.74, 6) is 1.01. The van der Waals surface area contributed by atoms with Crippen molar-refractivity contribution >= 4 is 0 Å². The summed E-state index contributed by atoms with van der Waals surface area (Å²) in [6, 6.07) is 6.28. The molecule has 2 unspecified atom stereocenters. The number of aliphatic hydroxyl groups excluding tert-OH is 2. The lowest BCUT2D eigenvalue weighted by atomic mass is 9.83. The number of aliphatic hydroxyl groups is 2. The fourth-order valence-corrected chi connectivity index (χ4v) is 2.30.